The fraction of sp³-hybridized carbons (Fsp3) is 0.434. The van der Waals surface area contributed by atoms with Crippen molar-refractivity contribution < 1.29 is 19.1 Å². The predicted octanol–water partition coefficient (Wildman–Crippen LogP) is 13.4. The SMILES string of the molecule is CC/C=C/C/C=C\C/C=C\C/C=C/C/C=C\C/C=C\CCC(=O)OC[C@@H]1CC[C@H](n2ccc(NC(=O)CC/C=C/C/C=C/C/C=C/C/C=C/C/C=C/C/C=C/CC)nc2=O)O1. The Morgan fingerprint density at radius 2 is 1.00 bits per heavy atom. The number of carbonyl (C=O) groups is 2. The van der Waals surface area contributed by atoms with E-state index in [1.54, 1.807) is 12.3 Å². The Labute approximate surface area is 367 Å². The summed E-state index contributed by atoms with van der Waals surface area (Å²) in [5.74, 6) is -0.264. The molecule has 1 saturated heterocycles. The van der Waals surface area contributed by atoms with Crippen molar-refractivity contribution in [1.82, 2.24) is 9.55 Å². The molecule has 1 aliphatic heterocycles. The standard InChI is InChI=1S/C53H73N3O5/c1-3-5-7-9-11-13-15-17-19-21-23-25-27-29-31-33-35-37-39-41-50(57)54-49-45-46-56(53(59)55-49)51-44-43-48(61-51)47-60-52(58)42-40-38-36-34-32-30-28-26-24-22-20-18-16-14-12-10-8-6-4-2/h5-8,11-14,17-20,23-26,29-32,35-38,45-46,48,51H,3-4,9-10,15-16,21-22,27-28,33-34,39-44,47H2,1-2H3,(H,54,55,57,59)/b7-5+,8-6+,13-11+,14-12-,19-17+,20-18-,25-23+,26-24+,31-29+,32-30-,37-35+,38-36-/t48-,51+/m0/s1. The van der Waals surface area contributed by atoms with Crippen LogP contribution in [0.3, 0.4) is 0 Å². The van der Waals surface area contributed by atoms with Crippen LogP contribution in [0.15, 0.2) is 163 Å². The van der Waals surface area contributed by atoms with E-state index < -0.39 is 11.9 Å². The molecule has 0 aromatic carbocycles. The van der Waals surface area contributed by atoms with Crippen LogP contribution in [-0.2, 0) is 19.1 Å². The molecule has 0 bridgehead atoms. The van der Waals surface area contributed by atoms with Gasteiger partial charge < -0.3 is 14.8 Å². The molecule has 0 saturated carbocycles. The van der Waals surface area contributed by atoms with E-state index in [9.17, 15) is 14.4 Å². The second-order valence-electron chi connectivity index (χ2n) is 14.4. The van der Waals surface area contributed by atoms with Crippen molar-refractivity contribution in [2.75, 3.05) is 11.9 Å². The summed E-state index contributed by atoms with van der Waals surface area (Å²) >= 11 is 0. The lowest BCUT2D eigenvalue weighted by Gasteiger charge is -2.16. The first-order valence-corrected chi connectivity index (χ1v) is 22.5. The third-order valence-corrected chi connectivity index (χ3v) is 9.17. The number of esters is 1. The molecular formula is C53H73N3O5. The van der Waals surface area contributed by atoms with Gasteiger partial charge in [0.25, 0.3) is 0 Å². The minimum absolute atomic E-state index is 0.145. The van der Waals surface area contributed by atoms with E-state index in [0.717, 1.165) is 77.0 Å². The van der Waals surface area contributed by atoms with Crippen LogP contribution >= 0.6 is 0 Å². The molecule has 1 aliphatic rings. The van der Waals surface area contributed by atoms with Crippen LogP contribution in [0.2, 0.25) is 0 Å². The summed E-state index contributed by atoms with van der Waals surface area (Å²) in [5, 5.41) is 2.71. The van der Waals surface area contributed by atoms with E-state index in [1.165, 1.54) is 4.57 Å². The highest BCUT2D eigenvalue weighted by Gasteiger charge is 2.28. The van der Waals surface area contributed by atoms with Crippen molar-refractivity contribution in [1.29, 1.82) is 0 Å². The molecule has 1 fully saturated rings. The molecule has 8 heteroatoms. The van der Waals surface area contributed by atoms with Crippen molar-refractivity contribution in [2.45, 2.75) is 142 Å². The van der Waals surface area contributed by atoms with E-state index >= 15 is 0 Å². The minimum Gasteiger partial charge on any atom is -0.463 e. The van der Waals surface area contributed by atoms with Crippen molar-refractivity contribution in [2.24, 2.45) is 0 Å². The molecule has 330 valence electrons. The van der Waals surface area contributed by atoms with Crippen LogP contribution in [0.5, 0.6) is 0 Å². The van der Waals surface area contributed by atoms with Crippen molar-refractivity contribution in [3.05, 3.63) is 169 Å². The molecule has 1 aromatic rings. The first-order valence-electron chi connectivity index (χ1n) is 22.5. The number of allylic oxidation sites excluding steroid dienone is 24. The monoisotopic (exact) mass is 832 g/mol. The number of aromatic nitrogens is 2. The molecular weight excluding hydrogens is 759 g/mol. The maximum absolute atomic E-state index is 12.8. The van der Waals surface area contributed by atoms with Gasteiger partial charge in [0.2, 0.25) is 5.91 Å². The summed E-state index contributed by atoms with van der Waals surface area (Å²) < 4.78 is 12.9. The van der Waals surface area contributed by atoms with Gasteiger partial charge in [-0.25, -0.2) is 4.79 Å². The van der Waals surface area contributed by atoms with E-state index in [0.29, 0.717) is 38.5 Å². The van der Waals surface area contributed by atoms with Crippen molar-refractivity contribution in [3.8, 4) is 0 Å². The summed E-state index contributed by atoms with van der Waals surface area (Å²) in [6.45, 7) is 4.44. The topological polar surface area (TPSA) is 99.5 Å². The highest BCUT2D eigenvalue weighted by Crippen LogP contribution is 2.27. The van der Waals surface area contributed by atoms with Gasteiger partial charge in [0.1, 0.15) is 18.7 Å². The lowest BCUT2D eigenvalue weighted by molar-refractivity contribution is -0.148. The Hall–Kier alpha value is -5.34. The van der Waals surface area contributed by atoms with Crippen LogP contribution < -0.4 is 11.0 Å². The zero-order valence-corrected chi connectivity index (χ0v) is 37.0. The van der Waals surface area contributed by atoms with Gasteiger partial charge in [-0.2, -0.15) is 4.98 Å². The largest absolute Gasteiger partial charge is 0.463 e. The van der Waals surface area contributed by atoms with Crippen molar-refractivity contribution >= 4 is 17.7 Å². The first-order chi connectivity index (χ1) is 30.0. The zero-order chi connectivity index (χ0) is 43.7. The number of rotatable bonds is 32. The lowest BCUT2D eigenvalue weighted by Crippen LogP contribution is -2.28. The predicted molar refractivity (Wildman–Crippen MR) is 256 cm³/mol. The van der Waals surface area contributed by atoms with Gasteiger partial charge in [0.05, 0.1) is 6.10 Å². The van der Waals surface area contributed by atoms with E-state index in [1.807, 2.05) is 18.2 Å². The number of nitrogens with zero attached hydrogens (tertiary/aromatic N) is 2. The van der Waals surface area contributed by atoms with E-state index in [2.05, 4.69) is 152 Å². The maximum Gasteiger partial charge on any atom is 0.351 e. The number of ether oxygens (including phenoxy) is 2. The third kappa shape index (κ3) is 29.5. The Balaban J connectivity index is 1.52. The summed E-state index contributed by atoms with van der Waals surface area (Å²) in [6, 6.07) is 1.60. The summed E-state index contributed by atoms with van der Waals surface area (Å²) in [6.07, 6.45) is 67.0. The highest BCUT2D eigenvalue weighted by molar-refractivity contribution is 5.89. The smallest absolute Gasteiger partial charge is 0.351 e. The third-order valence-electron chi connectivity index (χ3n) is 9.17. The maximum atomic E-state index is 12.8. The average molecular weight is 832 g/mol. The van der Waals surface area contributed by atoms with Gasteiger partial charge in [-0.05, 0) is 109 Å². The Morgan fingerprint density at radius 1 is 0.607 bits per heavy atom. The summed E-state index contributed by atoms with van der Waals surface area (Å²) in [7, 11) is 0. The van der Waals surface area contributed by atoms with Crippen molar-refractivity contribution in [3.63, 3.8) is 0 Å². The van der Waals surface area contributed by atoms with Crippen LogP contribution in [0.25, 0.3) is 0 Å². The fourth-order valence-electron chi connectivity index (χ4n) is 5.87. The second kappa shape index (κ2) is 37.6. The van der Waals surface area contributed by atoms with Crippen LogP contribution in [0.4, 0.5) is 5.82 Å². The molecule has 1 aromatic heterocycles. The summed E-state index contributed by atoms with van der Waals surface area (Å²) in [5.41, 5.74) is -0.506. The molecule has 1 amide bonds. The molecule has 0 radical (unpaired) electrons. The molecule has 61 heavy (non-hydrogen) atoms. The molecule has 2 rings (SSSR count). The molecule has 0 aliphatic carbocycles. The van der Waals surface area contributed by atoms with Crippen LogP contribution in [-0.4, -0.2) is 34.1 Å². The van der Waals surface area contributed by atoms with E-state index in [4.69, 9.17) is 9.47 Å². The first kappa shape index (κ1) is 51.8. The quantitative estimate of drug-likeness (QED) is 0.0573. The van der Waals surface area contributed by atoms with Gasteiger partial charge in [0.15, 0.2) is 0 Å². The number of hydrogen-bond donors (Lipinski definition) is 1. The van der Waals surface area contributed by atoms with Gasteiger partial charge >= 0.3 is 11.7 Å². The molecule has 2 atom stereocenters. The number of anilines is 1. The minimum atomic E-state index is -0.506. The Bertz CT molecular complexity index is 1760. The molecule has 0 unspecified atom stereocenters. The fourth-order valence-corrected chi connectivity index (χ4v) is 5.87. The molecule has 2 heterocycles. The van der Waals surface area contributed by atoms with Gasteiger partial charge in [-0.3, -0.25) is 14.2 Å². The van der Waals surface area contributed by atoms with Gasteiger partial charge in [0, 0.05) is 19.0 Å². The number of amides is 1. The second-order valence-corrected chi connectivity index (χ2v) is 14.4. The normalized spacial score (nSPS) is 16.7. The number of nitrogens with one attached hydrogen (secondary N) is 1. The Morgan fingerprint density at radius 3 is 1.41 bits per heavy atom. The lowest BCUT2D eigenvalue weighted by atomic mass is 10.2. The number of carbonyl (C=O) groups excluding carboxylic acids is 2. The van der Waals surface area contributed by atoms with Crippen LogP contribution in [0.1, 0.15) is 136 Å². The molecule has 8 nitrogen and oxygen atoms in total. The highest BCUT2D eigenvalue weighted by atomic mass is 16.6. The number of hydrogen-bond acceptors (Lipinski definition) is 6. The van der Waals surface area contributed by atoms with E-state index in [-0.39, 0.29) is 30.4 Å². The van der Waals surface area contributed by atoms with Crippen LogP contribution in [0, 0.1) is 0 Å². The summed E-state index contributed by atoms with van der Waals surface area (Å²) in [4.78, 5) is 41.5. The molecule has 1 N–H and O–H groups in total. The van der Waals surface area contributed by atoms with Gasteiger partial charge in [-0.15, -0.1) is 0 Å². The Kier molecular flexibility index (Phi) is 32.0. The average Bonchev–Trinajstić information content (AvgIpc) is 3.73. The zero-order valence-electron chi connectivity index (χ0n) is 37.0. The van der Waals surface area contributed by atoms with Gasteiger partial charge in [-0.1, -0.05) is 160 Å². The molecule has 0 spiro atoms.